The standard InChI is InChI=1S/C29H32N4O3S2/c34-24(31-21-12-5-2-6-13-21)16-9-17-33-28(36)27-26(22-14-7-8-15-23(22)38-27)32-29(33)37-19-25(35)30-18-20-10-3-1-4-11-20/h1,3-4,7-8,10-11,14-15,21H,2,5-6,9,12-13,16-19H2,(H,30,35)(H,31,34). The second kappa shape index (κ2) is 12.6. The van der Waals surface area contributed by atoms with E-state index in [9.17, 15) is 14.4 Å². The van der Waals surface area contributed by atoms with Gasteiger partial charge >= 0.3 is 0 Å². The molecule has 2 heterocycles. The summed E-state index contributed by atoms with van der Waals surface area (Å²) in [5, 5.41) is 7.54. The van der Waals surface area contributed by atoms with Crippen LogP contribution in [0.15, 0.2) is 64.5 Å². The Balaban J connectivity index is 1.30. The van der Waals surface area contributed by atoms with Crippen molar-refractivity contribution in [2.24, 2.45) is 0 Å². The lowest BCUT2D eigenvalue weighted by Gasteiger charge is -2.22. The Hall–Kier alpha value is -3.17. The van der Waals surface area contributed by atoms with Crippen molar-refractivity contribution >= 4 is 55.2 Å². The zero-order valence-electron chi connectivity index (χ0n) is 21.3. The van der Waals surface area contributed by atoms with Crippen molar-refractivity contribution < 1.29 is 9.59 Å². The van der Waals surface area contributed by atoms with Crippen LogP contribution in [0.4, 0.5) is 0 Å². The highest BCUT2D eigenvalue weighted by molar-refractivity contribution is 7.99. The van der Waals surface area contributed by atoms with E-state index in [2.05, 4.69) is 10.6 Å². The van der Waals surface area contributed by atoms with Crippen LogP contribution in [0.5, 0.6) is 0 Å². The number of amides is 2. The average molecular weight is 549 g/mol. The molecule has 2 amide bonds. The number of carbonyl (C=O) groups excluding carboxylic acids is 2. The summed E-state index contributed by atoms with van der Waals surface area (Å²) < 4.78 is 3.25. The third kappa shape index (κ3) is 6.45. The second-order valence-corrected chi connectivity index (χ2v) is 11.7. The van der Waals surface area contributed by atoms with E-state index in [1.807, 2.05) is 54.6 Å². The predicted molar refractivity (Wildman–Crippen MR) is 155 cm³/mol. The summed E-state index contributed by atoms with van der Waals surface area (Å²) in [5.74, 6) is 0.0618. The summed E-state index contributed by atoms with van der Waals surface area (Å²) >= 11 is 2.70. The molecule has 2 N–H and O–H groups in total. The number of hydrogen-bond acceptors (Lipinski definition) is 6. The van der Waals surface area contributed by atoms with Crippen molar-refractivity contribution in [3.05, 3.63) is 70.5 Å². The van der Waals surface area contributed by atoms with Gasteiger partial charge in [0.15, 0.2) is 5.16 Å². The highest BCUT2D eigenvalue weighted by Crippen LogP contribution is 2.32. The lowest BCUT2D eigenvalue weighted by Crippen LogP contribution is -2.36. The Morgan fingerprint density at radius 2 is 1.76 bits per heavy atom. The molecule has 0 radical (unpaired) electrons. The van der Waals surface area contributed by atoms with Gasteiger partial charge in [0, 0.05) is 35.6 Å². The first-order valence-electron chi connectivity index (χ1n) is 13.2. The van der Waals surface area contributed by atoms with Crippen LogP contribution in [0.1, 0.15) is 50.5 Å². The third-order valence-corrected chi connectivity index (χ3v) is 8.99. The smallest absolute Gasteiger partial charge is 0.272 e. The van der Waals surface area contributed by atoms with E-state index in [0.29, 0.717) is 41.3 Å². The van der Waals surface area contributed by atoms with Gasteiger partial charge in [0.05, 0.1) is 11.3 Å². The molecule has 0 bridgehead atoms. The zero-order valence-corrected chi connectivity index (χ0v) is 22.9. The van der Waals surface area contributed by atoms with Crippen molar-refractivity contribution in [3.8, 4) is 0 Å². The van der Waals surface area contributed by atoms with Gasteiger partial charge in [0.1, 0.15) is 4.70 Å². The molecule has 2 aromatic carbocycles. The van der Waals surface area contributed by atoms with Gasteiger partial charge < -0.3 is 10.6 Å². The van der Waals surface area contributed by atoms with Crippen LogP contribution < -0.4 is 16.2 Å². The Kier molecular flexibility index (Phi) is 8.75. The molecule has 5 rings (SSSR count). The molecule has 1 saturated carbocycles. The largest absolute Gasteiger partial charge is 0.353 e. The fraction of sp³-hybridized carbons (Fsp3) is 0.379. The molecular formula is C29H32N4O3S2. The van der Waals surface area contributed by atoms with E-state index in [-0.39, 0.29) is 29.2 Å². The molecule has 38 heavy (non-hydrogen) atoms. The summed E-state index contributed by atoms with van der Waals surface area (Å²) in [7, 11) is 0. The number of thioether (sulfide) groups is 1. The predicted octanol–water partition coefficient (Wildman–Crippen LogP) is 5.25. The minimum Gasteiger partial charge on any atom is -0.353 e. The SMILES string of the molecule is O=C(CSc1nc2c(sc3ccccc32)c(=O)n1CCCC(=O)NC1CCCCC1)NCc1ccccc1. The molecule has 7 nitrogen and oxygen atoms in total. The molecule has 1 fully saturated rings. The Labute approximate surface area is 230 Å². The number of aromatic nitrogens is 2. The summed E-state index contributed by atoms with van der Waals surface area (Å²) in [6.07, 6.45) is 6.56. The van der Waals surface area contributed by atoms with Crippen LogP contribution in [0, 0.1) is 0 Å². The van der Waals surface area contributed by atoms with Gasteiger partial charge in [-0.05, 0) is 30.9 Å². The molecule has 198 valence electrons. The van der Waals surface area contributed by atoms with E-state index in [0.717, 1.165) is 28.5 Å². The fourth-order valence-corrected chi connectivity index (χ4v) is 6.82. The third-order valence-electron chi connectivity index (χ3n) is 6.87. The topological polar surface area (TPSA) is 93.1 Å². The first-order valence-corrected chi connectivity index (χ1v) is 15.0. The highest BCUT2D eigenvalue weighted by Gasteiger charge is 2.19. The van der Waals surface area contributed by atoms with Crippen LogP contribution in [0.2, 0.25) is 0 Å². The van der Waals surface area contributed by atoms with Crippen molar-refractivity contribution in [1.29, 1.82) is 0 Å². The van der Waals surface area contributed by atoms with Gasteiger partial charge in [0.25, 0.3) is 5.56 Å². The van der Waals surface area contributed by atoms with Crippen molar-refractivity contribution in [3.63, 3.8) is 0 Å². The van der Waals surface area contributed by atoms with E-state index in [1.165, 1.54) is 42.4 Å². The number of nitrogens with one attached hydrogen (secondary N) is 2. The summed E-state index contributed by atoms with van der Waals surface area (Å²) in [6, 6.07) is 17.9. The molecule has 0 aliphatic heterocycles. The first kappa shape index (κ1) is 26.4. The molecule has 0 saturated heterocycles. The fourth-order valence-electron chi connectivity index (χ4n) is 4.88. The van der Waals surface area contributed by atoms with Crippen LogP contribution in [0.25, 0.3) is 20.3 Å². The van der Waals surface area contributed by atoms with Gasteiger partial charge in [0.2, 0.25) is 11.8 Å². The van der Waals surface area contributed by atoms with Gasteiger partial charge in [-0.2, -0.15) is 0 Å². The molecule has 0 unspecified atom stereocenters. The van der Waals surface area contributed by atoms with E-state index < -0.39 is 0 Å². The van der Waals surface area contributed by atoms with Gasteiger partial charge in [-0.15, -0.1) is 11.3 Å². The monoisotopic (exact) mass is 548 g/mol. The Bertz CT molecular complexity index is 1480. The highest BCUT2D eigenvalue weighted by atomic mass is 32.2. The first-order chi connectivity index (χ1) is 18.6. The maximum absolute atomic E-state index is 13.6. The van der Waals surface area contributed by atoms with Crippen LogP contribution in [-0.4, -0.2) is 33.2 Å². The van der Waals surface area contributed by atoms with Crippen molar-refractivity contribution in [2.45, 2.75) is 69.2 Å². The van der Waals surface area contributed by atoms with Crippen molar-refractivity contribution in [2.75, 3.05) is 5.75 Å². The number of benzene rings is 2. The number of nitrogens with zero attached hydrogens (tertiary/aromatic N) is 2. The zero-order chi connectivity index (χ0) is 26.3. The van der Waals surface area contributed by atoms with E-state index in [4.69, 9.17) is 4.98 Å². The minimum atomic E-state index is -0.123. The molecule has 2 aromatic heterocycles. The number of thiophene rings is 1. The van der Waals surface area contributed by atoms with Gasteiger partial charge in [-0.3, -0.25) is 19.0 Å². The molecule has 0 atom stereocenters. The number of hydrogen-bond donors (Lipinski definition) is 2. The van der Waals surface area contributed by atoms with E-state index in [1.54, 1.807) is 4.57 Å². The summed E-state index contributed by atoms with van der Waals surface area (Å²) in [4.78, 5) is 43.6. The van der Waals surface area contributed by atoms with Gasteiger partial charge in [-0.25, -0.2) is 4.98 Å². The minimum absolute atomic E-state index is 0.0374. The van der Waals surface area contributed by atoms with Gasteiger partial charge in [-0.1, -0.05) is 79.6 Å². The molecule has 1 aliphatic carbocycles. The van der Waals surface area contributed by atoms with E-state index >= 15 is 0 Å². The number of carbonyl (C=O) groups is 2. The van der Waals surface area contributed by atoms with Crippen LogP contribution in [0.3, 0.4) is 0 Å². The maximum atomic E-state index is 13.6. The lowest BCUT2D eigenvalue weighted by molar-refractivity contribution is -0.122. The maximum Gasteiger partial charge on any atom is 0.272 e. The second-order valence-electron chi connectivity index (χ2n) is 9.68. The summed E-state index contributed by atoms with van der Waals surface area (Å²) in [6.45, 7) is 0.826. The average Bonchev–Trinajstić information content (AvgIpc) is 3.32. The molecule has 1 aliphatic rings. The normalized spacial score (nSPS) is 14.1. The lowest BCUT2D eigenvalue weighted by atomic mass is 9.95. The van der Waals surface area contributed by atoms with Crippen LogP contribution in [-0.2, 0) is 22.7 Å². The quantitative estimate of drug-likeness (QED) is 0.209. The number of fused-ring (bicyclic) bond motifs is 3. The summed E-state index contributed by atoms with van der Waals surface area (Å²) in [5.41, 5.74) is 1.59. The molecular weight excluding hydrogens is 516 g/mol. The molecule has 9 heteroatoms. The molecule has 4 aromatic rings. The number of rotatable bonds is 10. The molecule has 0 spiro atoms. The van der Waals surface area contributed by atoms with Crippen molar-refractivity contribution in [1.82, 2.24) is 20.2 Å². The van der Waals surface area contributed by atoms with Crippen LogP contribution >= 0.6 is 23.1 Å². The Morgan fingerprint density at radius 3 is 2.58 bits per heavy atom. The Morgan fingerprint density at radius 1 is 1.00 bits per heavy atom.